The fourth-order valence-corrected chi connectivity index (χ4v) is 3.92. The van der Waals surface area contributed by atoms with Gasteiger partial charge in [-0.2, -0.15) is 0 Å². The molecule has 108 valence electrons. The molecule has 1 fully saturated rings. The van der Waals surface area contributed by atoms with Gasteiger partial charge in [0, 0.05) is 29.5 Å². The second kappa shape index (κ2) is 6.87. The molecule has 19 heavy (non-hydrogen) atoms. The van der Waals surface area contributed by atoms with Gasteiger partial charge in [0.15, 0.2) is 0 Å². The van der Waals surface area contributed by atoms with Crippen molar-refractivity contribution in [3.63, 3.8) is 0 Å². The van der Waals surface area contributed by atoms with E-state index in [2.05, 4.69) is 48.5 Å². The van der Waals surface area contributed by atoms with E-state index in [1.54, 1.807) is 0 Å². The molecule has 1 aromatic heterocycles. The first-order chi connectivity index (χ1) is 9.15. The molecule has 2 rings (SSSR count). The maximum atomic E-state index is 3.80. The minimum absolute atomic E-state index is 0.371. The summed E-state index contributed by atoms with van der Waals surface area (Å²) < 4.78 is 0. The molecule has 1 unspecified atom stereocenters. The number of rotatable bonds is 7. The van der Waals surface area contributed by atoms with Gasteiger partial charge in [-0.25, -0.2) is 0 Å². The second-order valence-corrected chi connectivity index (χ2v) is 7.17. The Morgan fingerprint density at radius 3 is 2.84 bits per heavy atom. The highest BCUT2D eigenvalue weighted by Crippen LogP contribution is 2.27. The number of nitrogens with zero attached hydrogens (tertiary/aromatic N) is 1. The molecule has 1 aliphatic heterocycles. The lowest BCUT2D eigenvalue weighted by atomic mass is 9.90. The highest BCUT2D eigenvalue weighted by molar-refractivity contribution is 7.09. The third-order valence-electron chi connectivity index (χ3n) is 4.24. The molecule has 0 bridgehead atoms. The first-order valence-electron chi connectivity index (χ1n) is 7.67. The Hall–Kier alpha value is -0.380. The highest BCUT2D eigenvalue weighted by atomic mass is 32.1. The van der Waals surface area contributed by atoms with Crippen LogP contribution in [0.3, 0.4) is 0 Å². The molecule has 0 aromatic carbocycles. The van der Waals surface area contributed by atoms with E-state index in [9.17, 15) is 0 Å². The van der Waals surface area contributed by atoms with Gasteiger partial charge >= 0.3 is 0 Å². The van der Waals surface area contributed by atoms with E-state index in [1.165, 1.54) is 43.6 Å². The lowest BCUT2D eigenvalue weighted by Gasteiger charge is -2.37. The molecule has 1 aromatic rings. The van der Waals surface area contributed by atoms with Crippen LogP contribution in [0.4, 0.5) is 0 Å². The van der Waals surface area contributed by atoms with Crippen molar-refractivity contribution in [2.75, 3.05) is 13.1 Å². The Kier molecular flexibility index (Phi) is 5.43. The molecule has 1 saturated heterocycles. The molecule has 1 N–H and O–H groups in total. The van der Waals surface area contributed by atoms with Crippen molar-refractivity contribution >= 4 is 11.3 Å². The molecule has 0 spiro atoms. The first kappa shape index (κ1) is 15.0. The molecule has 2 heterocycles. The van der Waals surface area contributed by atoms with Crippen LogP contribution in [-0.4, -0.2) is 29.6 Å². The SMILES string of the molecule is CCCC1(CN(Cc2cccs2)C(C)C)CCCN1. The molecule has 1 atom stereocenters. The number of thiophene rings is 1. The molecule has 0 radical (unpaired) electrons. The predicted molar refractivity (Wildman–Crippen MR) is 84.7 cm³/mol. The zero-order valence-corrected chi connectivity index (χ0v) is 13.4. The maximum absolute atomic E-state index is 3.80. The van der Waals surface area contributed by atoms with Crippen LogP contribution in [0, 0.1) is 0 Å². The standard InChI is InChI=1S/C16H28N2S/c1-4-8-16(9-6-10-17-16)13-18(14(2)3)12-15-7-5-11-19-15/h5,7,11,14,17H,4,6,8-10,12-13H2,1-3H3. The number of hydrogen-bond acceptors (Lipinski definition) is 3. The van der Waals surface area contributed by atoms with Crippen molar-refractivity contribution in [2.24, 2.45) is 0 Å². The van der Waals surface area contributed by atoms with Gasteiger partial charge in [0.05, 0.1) is 0 Å². The van der Waals surface area contributed by atoms with E-state index in [0.717, 1.165) is 6.54 Å². The quantitative estimate of drug-likeness (QED) is 0.815. The highest BCUT2D eigenvalue weighted by Gasteiger charge is 2.34. The van der Waals surface area contributed by atoms with Crippen molar-refractivity contribution in [1.29, 1.82) is 0 Å². The summed E-state index contributed by atoms with van der Waals surface area (Å²) in [6, 6.07) is 5.03. The molecule has 1 aliphatic rings. The van der Waals surface area contributed by atoms with Crippen LogP contribution in [0.15, 0.2) is 17.5 Å². The second-order valence-electron chi connectivity index (χ2n) is 6.14. The summed E-state index contributed by atoms with van der Waals surface area (Å²) in [7, 11) is 0. The molecular formula is C16H28N2S. The number of hydrogen-bond donors (Lipinski definition) is 1. The number of nitrogens with one attached hydrogen (secondary N) is 1. The lowest BCUT2D eigenvalue weighted by Crippen LogP contribution is -2.51. The minimum atomic E-state index is 0.371. The zero-order chi connectivity index (χ0) is 13.7. The molecular weight excluding hydrogens is 252 g/mol. The van der Waals surface area contributed by atoms with E-state index >= 15 is 0 Å². The molecule has 0 aliphatic carbocycles. The van der Waals surface area contributed by atoms with Crippen LogP contribution in [0.2, 0.25) is 0 Å². The average Bonchev–Trinajstić information content (AvgIpc) is 3.01. The fourth-order valence-electron chi connectivity index (χ4n) is 3.19. The summed E-state index contributed by atoms with van der Waals surface area (Å²) in [5, 5.41) is 5.98. The molecule has 0 saturated carbocycles. The van der Waals surface area contributed by atoms with Crippen molar-refractivity contribution in [2.45, 2.75) is 64.6 Å². The van der Waals surface area contributed by atoms with Gasteiger partial charge in [0.2, 0.25) is 0 Å². The first-order valence-corrected chi connectivity index (χ1v) is 8.55. The third kappa shape index (κ3) is 4.04. The fraction of sp³-hybridized carbons (Fsp3) is 0.750. The van der Waals surface area contributed by atoms with Crippen LogP contribution in [0.1, 0.15) is 51.3 Å². The van der Waals surface area contributed by atoms with Crippen LogP contribution in [0.5, 0.6) is 0 Å². The monoisotopic (exact) mass is 280 g/mol. The van der Waals surface area contributed by atoms with Gasteiger partial charge < -0.3 is 5.32 Å². The Balaban J connectivity index is 2.02. The van der Waals surface area contributed by atoms with E-state index in [4.69, 9.17) is 0 Å². The topological polar surface area (TPSA) is 15.3 Å². The molecule has 3 heteroatoms. The zero-order valence-electron chi connectivity index (χ0n) is 12.6. The Bertz CT molecular complexity index is 353. The lowest BCUT2D eigenvalue weighted by molar-refractivity contribution is 0.144. The summed E-state index contributed by atoms with van der Waals surface area (Å²) in [5.74, 6) is 0. The maximum Gasteiger partial charge on any atom is 0.0331 e. The Morgan fingerprint density at radius 1 is 1.47 bits per heavy atom. The van der Waals surface area contributed by atoms with Gasteiger partial charge in [-0.1, -0.05) is 19.4 Å². The molecule has 0 amide bonds. The van der Waals surface area contributed by atoms with E-state index in [1.807, 2.05) is 11.3 Å². The minimum Gasteiger partial charge on any atom is -0.310 e. The van der Waals surface area contributed by atoms with E-state index < -0.39 is 0 Å². The van der Waals surface area contributed by atoms with Crippen LogP contribution >= 0.6 is 11.3 Å². The Morgan fingerprint density at radius 2 is 2.32 bits per heavy atom. The average molecular weight is 280 g/mol. The van der Waals surface area contributed by atoms with Gasteiger partial charge in [-0.15, -0.1) is 11.3 Å². The smallest absolute Gasteiger partial charge is 0.0331 e. The molecule has 2 nitrogen and oxygen atoms in total. The van der Waals surface area contributed by atoms with Gasteiger partial charge in [0.25, 0.3) is 0 Å². The van der Waals surface area contributed by atoms with E-state index in [-0.39, 0.29) is 0 Å². The summed E-state index contributed by atoms with van der Waals surface area (Å²) >= 11 is 1.88. The normalized spacial score (nSPS) is 23.6. The predicted octanol–water partition coefficient (Wildman–Crippen LogP) is 3.88. The van der Waals surface area contributed by atoms with Crippen molar-refractivity contribution in [3.05, 3.63) is 22.4 Å². The van der Waals surface area contributed by atoms with Crippen molar-refractivity contribution < 1.29 is 0 Å². The van der Waals surface area contributed by atoms with Crippen LogP contribution in [0.25, 0.3) is 0 Å². The summed E-state index contributed by atoms with van der Waals surface area (Å²) in [4.78, 5) is 4.12. The van der Waals surface area contributed by atoms with Gasteiger partial charge in [-0.3, -0.25) is 4.90 Å². The Labute approximate surface area is 122 Å². The van der Waals surface area contributed by atoms with Crippen LogP contribution in [-0.2, 0) is 6.54 Å². The summed E-state index contributed by atoms with van der Waals surface area (Å²) in [6.45, 7) is 10.4. The van der Waals surface area contributed by atoms with Gasteiger partial charge in [-0.05, 0) is 51.1 Å². The van der Waals surface area contributed by atoms with Crippen molar-refractivity contribution in [3.8, 4) is 0 Å². The summed E-state index contributed by atoms with van der Waals surface area (Å²) in [5.41, 5.74) is 0.371. The summed E-state index contributed by atoms with van der Waals surface area (Å²) in [6.07, 6.45) is 5.26. The largest absolute Gasteiger partial charge is 0.310 e. The van der Waals surface area contributed by atoms with Crippen LogP contribution < -0.4 is 5.32 Å². The third-order valence-corrected chi connectivity index (χ3v) is 5.10. The van der Waals surface area contributed by atoms with E-state index in [0.29, 0.717) is 11.6 Å². The van der Waals surface area contributed by atoms with Gasteiger partial charge in [0.1, 0.15) is 0 Å². The van der Waals surface area contributed by atoms with Crippen molar-refractivity contribution in [1.82, 2.24) is 10.2 Å².